The van der Waals surface area contributed by atoms with E-state index >= 15 is 0 Å². The zero-order chi connectivity index (χ0) is 17.9. The minimum absolute atomic E-state index is 1.08. The number of fused-ring (bicyclic) bond motifs is 3. The van der Waals surface area contributed by atoms with Gasteiger partial charge in [0.2, 0.25) is 0 Å². The molecule has 1 heterocycles. The summed E-state index contributed by atoms with van der Waals surface area (Å²) in [5.74, 6) is 0. The van der Waals surface area contributed by atoms with E-state index in [0.29, 0.717) is 0 Å². The normalized spacial score (nSPS) is 11.8. The standard InChI is InChI=1S/C24H22BrN/c1-2-3-16-26-23-7-5-4-6-21(23)22-17-19(12-15-24(22)26)9-8-18-10-13-20(25)14-11-18/h4-15,17H,2-3,16H2,1H3/b9-8+. The van der Waals surface area contributed by atoms with Crippen molar-refractivity contribution in [2.45, 2.75) is 26.3 Å². The first kappa shape index (κ1) is 17.1. The number of nitrogens with zero attached hydrogens (tertiary/aromatic N) is 1. The van der Waals surface area contributed by atoms with Gasteiger partial charge < -0.3 is 4.57 Å². The van der Waals surface area contributed by atoms with Crippen LogP contribution in [-0.4, -0.2) is 4.57 Å². The summed E-state index contributed by atoms with van der Waals surface area (Å²) in [6, 6.07) is 23.9. The molecule has 0 bridgehead atoms. The molecule has 0 spiro atoms. The molecule has 0 unspecified atom stereocenters. The summed E-state index contributed by atoms with van der Waals surface area (Å²) in [5.41, 5.74) is 5.11. The molecular weight excluding hydrogens is 382 g/mol. The summed E-state index contributed by atoms with van der Waals surface area (Å²) in [4.78, 5) is 0. The van der Waals surface area contributed by atoms with E-state index in [-0.39, 0.29) is 0 Å². The van der Waals surface area contributed by atoms with Crippen LogP contribution in [0.1, 0.15) is 30.9 Å². The van der Waals surface area contributed by atoms with Crippen molar-refractivity contribution in [3.8, 4) is 0 Å². The van der Waals surface area contributed by atoms with Gasteiger partial charge in [0.1, 0.15) is 0 Å². The van der Waals surface area contributed by atoms with Crippen LogP contribution in [0.5, 0.6) is 0 Å². The van der Waals surface area contributed by atoms with Crippen LogP contribution < -0.4 is 0 Å². The number of unbranched alkanes of at least 4 members (excludes halogenated alkanes) is 1. The first-order valence-corrected chi connectivity index (χ1v) is 10.00. The molecule has 0 atom stereocenters. The molecule has 0 aliphatic carbocycles. The van der Waals surface area contributed by atoms with Crippen molar-refractivity contribution in [2.75, 3.05) is 0 Å². The lowest BCUT2D eigenvalue weighted by molar-refractivity contribution is 0.665. The highest BCUT2D eigenvalue weighted by atomic mass is 79.9. The molecule has 4 rings (SSSR count). The topological polar surface area (TPSA) is 4.93 Å². The first-order chi connectivity index (χ1) is 12.8. The molecule has 0 N–H and O–H groups in total. The quantitative estimate of drug-likeness (QED) is 0.303. The lowest BCUT2D eigenvalue weighted by Gasteiger charge is -2.06. The Hall–Kier alpha value is -2.32. The highest BCUT2D eigenvalue weighted by Crippen LogP contribution is 2.30. The highest BCUT2D eigenvalue weighted by Gasteiger charge is 2.09. The van der Waals surface area contributed by atoms with Gasteiger partial charge in [-0.15, -0.1) is 0 Å². The maximum atomic E-state index is 3.49. The van der Waals surface area contributed by atoms with Crippen molar-refractivity contribution >= 4 is 49.9 Å². The lowest BCUT2D eigenvalue weighted by Crippen LogP contribution is -1.96. The summed E-state index contributed by atoms with van der Waals surface area (Å²) in [5, 5.41) is 2.69. The molecule has 0 saturated heterocycles. The molecule has 0 radical (unpaired) electrons. The number of para-hydroxylation sites is 1. The van der Waals surface area contributed by atoms with Crippen LogP contribution in [0, 0.1) is 0 Å². The number of aryl methyl sites for hydroxylation is 1. The van der Waals surface area contributed by atoms with E-state index in [4.69, 9.17) is 0 Å². The van der Waals surface area contributed by atoms with Crippen molar-refractivity contribution in [1.29, 1.82) is 0 Å². The molecular formula is C24H22BrN. The first-order valence-electron chi connectivity index (χ1n) is 9.21. The Balaban J connectivity index is 1.77. The van der Waals surface area contributed by atoms with Crippen molar-refractivity contribution < 1.29 is 0 Å². The number of aromatic nitrogens is 1. The van der Waals surface area contributed by atoms with Gasteiger partial charge >= 0.3 is 0 Å². The van der Waals surface area contributed by atoms with Gasteiger partial charge in [0.25, 0.3) is 0 Å². The van der Waals surface area contributed by atoms with Crippen molar-refractivity contribution in [1.82, 2.24) is 4.57 Å². The summed E-state index contributed by atoms with van der Waals surface area (Å²) >= 11 is 3.49. The summed E-state index contributed by atoms with van der Waals surface area (Å²) in [7, 11) is 0. The third kappa shape index (κ3) is 3.34. The summed E-state index contributed by atoms with van der Waals surface area (Å²) < 4.78 is 3.58. The van der Waals surface area contributed by atoms with E-state index in [2.05, 4.69) is 106 Å². The Bertz CT molecular complexity index is 1070. The molecule has 0 aliphatic rings. The van der Waals surface area contributed by atoms with Gasteiger partial charge in [-0.25, -0.2) is 0 Å². The van der Waals surface area contributed by atoms with Crippen molar-refractivity contribution in [2.24, 2.45) is 0 Å². The highest BCUT2D eigenvalue weighted by molar-refractivity contribution is 9.10. The van der Waals surface area contributed by atoms with Crippen LogP contribution >= 0.6 is 15.9 Å². The Morgan fingerprint density at radius 2 is 1.50 bits per heavy atom. The third-order valence-electron chi connectivity index (χ3n) is 4.87. The maximum absolute atomic E-state index is 3.49. The number of benzene rings is 3. The average Bonchev–Trinajstić information content (AvgIpc) is 2.99. The van der Waals surface area contributed by atoms with Crippen LogP contribution in [-0.2, 0) is 6.54 Å². The van der Waals surface area contributed by atoms with E-state index < -0.39 is 0 Å². The fourth-order valence-corrected chi connectivity index (χ4v) is 3.76. The molecule has 2 heteroatoms. The van der Waals surface area contributed by atoms with Gasteiger partial charge in [0.05, 0.1) is 0 Å². The Morgan fingerprint density at radius 3 is 2.31 bits per heavy atom. The Morgan fingerprint density at radius 1 is 0.808 bits per heavy atom. The van der Waals surface area contributed by atoms with Gasteiger partial charge in [-0.2, -0.15) is 0 Å². The summed E-state index contributed by atoms with van der Waals surface area (Å²) in [6.07, 6.45) is 6.78. The number of halogens is 1. The van der Waals surface area contributed by atoms with E-state index in [1.54, 1.807) is 0 Å². The van der Waals surface area contributed by atoms with E-state index in [0.717, 1.165) is 11.0 Å². The second kappa shape index (κ2) is 7.51. The molecule has 1 aromatic heterocycles. The minimum Gasteiger partial charge on any atom is -0.340 e. The monoisotopic (exact) mass is 403 g/mol. The Kier molecular flexibility index (Phi) is 4.94. The average molecular weight is 404 g/mol. The van der Waals surface area contributed by atoms with Gasteiger partial charge in [-0.3, -0.25) is 0 Å². The molecule has 0 fully saturated rings. The van der Waals surface area contributed by atoms with E-state index in [9.17, 15) is 0 Å². The smallest absolute Gasteiger partial charge is 0.0491 e. The number of hydrogen-bond acceptors (Lipinski definition) is 0. The lowest BCUT2D eigenvalue weighted by atomic mass is 10.1. The molecule has 130 valence electrons. The van der Waals surface area contributed by atoms with Gasteiger partial charge in [-0.1, -0.05) is 77.8 Å². The van der Waals surface area contributed by atoms with E-state index in [1.165, 1.54) is 45.8 Å². The van der Waals surface area contributed by atoms with Gasteiger partial charge in [-0.05, 0) is 47.9 Å². The van der Waals surface area contributed by atoms with Crippen LogP contribution in [0.25, 0.3) is 34.0 Å². The molecule has 4 aromatic rings. The van der Waals surface area contributed by atoms with Crippen LogP contribution in [0.2, 0.25) is 0 Å². The maximum Gasteiger partial charge on any atom is 0.0491 e. The third-order valence-corrected chi connectivity index (χ3v) is 5.40. The molecule has 3 aromatic carbocycles. The van der Waals surface area contributed by atoms with Crippen LogP contribution in [0.3, 0.4) is 0 Å². The predicted molar refractivity (Wildman–Crippen MR) is 117 cm³/mol. The molecule has 0 amide bonds. The minimum atomic E-state index is 1.08. The zero-order valence-corrected chi connectivity index (χ0v) is 16.5. The number of rotatable bonds is 5. The molecule has 0 saturated carbocycles. The van der Waals surface area contributed by atoms with Crippen LogP contribution in [0.4, 0.5) is 0 Å². The fourth-order valence-electron chi connectivity index (χ4n) is 3.50. The SMILES string of the molecule is CCCCn1c2ccccc2c2cc(/C=C/c3ccc(Br)cc3)ccc21. The van der Waals surface area contributed by atoms with Gasteiger partial charge in [0, 0.05) is 32.8 Å². The Labute approximate surface area is 163 Å². The molecule has 26 heavy (non-hydrogen) atoms. The van der Waals surface area contributed by atoms with Crippen molar-refractivity contribution in [3.63, 3.8) is 0 Å². The molecule has 0 aliphatic heterocycles. The number of hydrogen-bond donors (Lipinski definition) is 0. The second-order valence-electron chi connectivity index (χ2n) is 6.68. The zero-order valence-electron chi connectivity index (χ0n) is 15.0. The van der Waals surface area contributed by atoms with E-state index in [1.807, 2.05) is 0 Å². The summed E-state index contributed by atoms with van der Waals surface area (Å²) in [6.45, 7) is 3.33. The second-order valence-corrected chi connectivity index (χ2v) is 7.60. The van der Waals surface area contributed by atoms with Crippen LogP contribution in [0.15, 0.2) is 71.2 Å². The van der Waals surface area contributed by atoms with Gasteiger partial charge in [0.15, 0.2) is 0 Å². The molecule has 1 nitrogen and oxygen atoms in total. The van der Waals surface area contributed by atoms with Crippen molar-refractivity contribution in [3.05, 3.63) is 82.3 Å². The fraction of sp³-hybridized carbons (Fsp3) is 0.167. The largest absolute Gasteiger partial charge is 0.340 e. The predicted octanol–water partition coefficient (Wildman–Crippen LogP) is 7.53.